The highest BCUT2D eigenvalue weighted by atomic mass is 16.6. The molecule has 78 valence electrons. The van der Waals surface area contributed by atoms with E-state index in [4.69, 9.17) is 0 Å². The average Bonchev–Trinajstić information content (AvgIpc) is 2.25. The molecule has 0 fully saturated rings. The molecule has 0 aliphatic rings. The monoisotopic (exact) mass is 203 g/mol. The van der Waals surface area contributed by atoms with Gasteiger partial charge in [0.2, 0.25) is 6.04 Å². The van der Waals surface area contributed by atoms with Gasteiger partial charge in [-0.3, -0.25) is 10.1 Å². The molecule has 0 aliphatic carbocycles. The maximum atomic E-state index is 10.8. The molecule has 0 aliphatic heterocycles. The summed E-state index contributed by atoms with van der Waals surface area (Å²) in [5, 5.41) is 10.8. The molecule has 0 radical (unpaired) electrons. The summed E-state index contributed by atoms with van der Waals surface area (Å²) in [7, 11) is 0. The van der Waals surface area contributed by atoms with Crippen molar-refractivity contribution in [3.63, 3.8) is 0 Å². The lowest BCUT2D eigenvalue weighted by atomic mass is 10.0. The highest BCUT2D eigenvalue weighted by molar-refractivity contribution is 5.18. The minimum Gasteiger partial charge on any atom is -0.264 e. The molecule has 1 aromatic rings. The predicted octanol–water partition coefficient (Wildman–Crippen LogP) is 3.14. The molecule has 0 saturated carbocycles. The zero-order valence-corrected chi connectivity index (χ0v) is 8.37. The van der Waals surface area contributed by atoms with Crippen LogP contribution in [-0.4, -0.2) is 4.92 Å². The maximum absolute atomic E-state index is 10.8. The van der Waals surface area contributed by atoms with Gasteiger partial charge >= 0.3 is 0 Å². The largest absolute Gasteiger partial charge is 0.264 e. The lowest BCUT2D eigenvalue weighted by Gasteiger charge is -2.06. The molecule has 15 heavy (non-hydrogen) atoms. The van der Waals surface area contributed by atoms with E-state index in [0.29, 0.717) is 6.42 Å². The van der Waals surface area contributed by atoms with Gasteiger partial charge in [-0.05, 0) is 0 Å². The summed E-state index contributed by atoms with van der Waals surface area (Å²) in [5.74, 6) is 0. The summed E-state index contributed by atoms with van der Waals surface area (Å²) in [5.41, 5.74) is 0.733. The van der Waals surface area contributed by atoms with Crippen LogP contribution in [0.3, 0.4) is 0 Å². The summed E-state index contributed by atoms with van der Waals surface area (Å²) < 4.78 is 0. The molecular weight excluding hydrogens is 190 g/mol. The standard InChI is InChI=1S/C12H13NO2/c1-2-3-5-10-12(13(14)15)11-8-6-4-7-9-11/h2-9,12H,1,10H2/b5-3+. The molecule has 0 aromatic heterocycles. The Bertz CT molecular complexity index is 357. The van der Waals surface area contributed by atoms with E-state index < -0.39 is 6.04 Å². The van der Waals surface area contributed by atoms with E-state index in [1.54, 1.807) is 30.4 Å². The van der Waals surface area contributed by atoms with E-state index in [2.05, 4.69) is 6.58 Å². The van der Waals surface area contributed by atoms with Gasteiger partial charge in [0.05, 0.1) is 0 Å². The van der Waals surface area contributed by atoms with Gasteiger partial charge in [0, 0.05) is 16.9 Å². The molecular formula is C12H13NO2. The lowest BCUT2D eigenvalue weighted by molar-refractivity contribution is -0.528. The zero-order valence-electron chi connectivity index (χ0n) is 8.37. The Morgan fingerprint density at radius 3 is 2.60 bits per heavy atom. The van der Waals surface area contributed by atoms with Gasteiger partial charge < -0.3 is 0 Å². The van der Waals surface area contributed by atoms with Crippen LogP contribution < -0.4 is 0 Å². The first-order valence-electron chi connectivity index (χ1n) is 4.71. The molecule has 1 atom stereocenters. The minimum atomic E-state index is -0.664. The first kappa shape index (κ1) is 11.2. The zero-order chi connectivity index (χ0) is 11.1. The first-order chi connectivity index (χ1) is 7.25. The van der Waals surface area contributed by atoms with E-state index in [9.17, 15) is 10.1 Å². The average molecular weight is 203 g/mol. The fourth-order valence-electron chi connectivity index (χ4n) is 1.32. The number of rotatable bonds is 5. The van der Waals surface area contributed by atoms with Gasteiger partial charge in [-0.15, -0.1) is 0 Å². The van der Waals surface area contributed by atoms with Gasteiger partial charge in [-0.2, -0.15) is 0 Å². The second-order valence-electron chi connectivity index (χ2n) is 3.11. The maximum Gasteiger partial charge on any atom is 0.241 e. The van der Waals surface area contributed by atoms with Crippen LogP contribution in [0.25, 0.3) is 0 Å². The van der Waals surface area contributed by atoms with Crippen LogP contribution in [0, 0.1) is 10.1 Å². The molecule has 0 heterocycles. The van der Waals surface area contributed by atoms with Crippen molar-refractivity contribution < 1.29 is 4.92 Å². The number of hydrogen-bond acceptors (Lipinski definition) is 2. The van der Waals surface area contributed by atoms with E-state index in [-0.39, 0.29) is 4.92 Å². The number of benzene rings is 1. The van der Waals surface area contributed by atoms with Crippen LogP contribution in [0.1, 0.15) is 18.0 Å². The summed E-state index contributed by atoms with van der Waals surface area (Å²) in [6, 6.07) is 8.35. The summed E-state index contributed by atoms with van der Waals surface area (Å²) >= 11 is 0. The van der Waals surface area contributed by atoms with Crippen LogP contribution in [0.15, 0.2) is 55.1 Å². The van der Waals surface area contributed by atoms with Gasteiger partial charge in [0.25, 0.3) is 0 Å². The van der Waals surface area contributed by atoms with Crippen LogP contribution in [0.4, 0.5) is 0 Å². The number of allylic oxidation sites excluding steroid dienone is 2. The molecule has 3 heteroatoms. The molecule has 1 aromatic carbocycles. The third kappa shape index (κ3) is 3.38. The third-order valence-corrected chi connectivity index (χ3v) is 2.07. The van der Waals surface area contributed by atoms with Gasteiger partial charge in [0.1, 0.15) is 0 Å². The van der Waals surface area contributed by atoms with Crippen LogP contribution >= 0.6 is 0 Å². The minimum absolute atomic E-state index is 0.261. The molecule has 0 saturated heterocycles. The van der Waals surface area contributed by atoms with Gasteiger partial charge in [-0.1, -0.05) is 55.1 Å². The molecule has 3 nitrogen and oxygen atoms in total. The summed E-state index contributed by atoms with van der Waals surface area (Å²) in [4.78, 5) is 10.6. The number of nitro groups is 1. The van der Waals surface area contributed by atoms with Gasteiger partial charge in [0.15, 0.2) is 0 Å². The topological polar surface area (TPSA) is 43.1 Å². The van der Waals surface area contributed by atoms with Crippen molar-refractivity contribution >= 4 is 0 Å². The van der Waals surface area contributed by atoms with Gasteiger partial charge in [-0.25, -0.2) is 0 Å². The molecule has 0 N–H and O–H groups in total. The van der Waals surface area contributed by atoms with E-state index in [0.717, 1.165) is 5.56 Å². The quantitative estimate of drug-likeness (QED) is 0.419. The SMILES string of the molecule is C=C/C=C/CC(c1ccccc1)[N+](=O)[O-]. The van der Waals surface area contributed by atoms with Crippen molar-refractivity contribution in [2.24, 2.45) is 0 Å². The van der Waals surface area contributed by atoms with Crippen molar-refractivity contribution in [2.75, 3.05) is 0 Å². The Hall–Kier alpha value is -1.90. The Kier molecular flexibility index (Phi) is 4.29. The van der Waals surface area contributed by atoms with Crippen molar-refractivity contribution in [3.05, 3.63) is 70.8 Å². The first-order valence-corrected chi connectivity index (χ1v) is 4.71. The van der Waals surface area contributed by atoms with E-state index in [1.807, 2.05) is 18.2 Å². The number of nitrogens with zero attached hydrogens (tertiary/aromatic N) is 1. The predicted molar refractivity (Wildman–Crippen MR) is 60.1 cm³/mol. The Balaban J connectivity index is 2.79. The van der Waals surface area contributed by atoms with Crippen molar-refractivity contribution in [1.29, 1.82) is 0 Å². The molecule has 0 amide bonds. The van der Waals surface area contributed by atoms with Crippen molar-refractivity contribution in [3.8, 4) is 0 Å². The molecule has 1 rings (SSSR count). The molecule has 0 spiro atoms. The Labute approximate surface area is 88.9 Å². The van der Waals surface area contributed by atoms with Crippen molar-refractivity contribution in [1.82, 2.24) is 0 Å². The second-order valence-corrected chi connectivity index (χ2v) is 3.11. The fraction of sp³-hybridized carbons (Fsp3) is 0.167. The smallest absolute Gasteiger partial charge is 0.241 e. The Morgan fingerprint density at radius 1 is 1.40 bits per heavy atom. The van der Waals surface area contributed by atoms with E-state index in [1.165, 1.54) is 0 Å². The molecule has 1 unspecified atom stereocenters. The number of hydrogen-bond donors (Lipinski definition) is 0. The molecule has 0 bridgehead atoms. The summed E-state index contributed by atoms with van der Waals surface area (Å²) in [6.45, 7) is 3.52. The fourth-order valence-corrected chi connectivity index (χ4v) is 1.32. The van der Waals surface area contributed by atoms with Crippen LogP contribution in [-0.2, 0) is 0 Å². The van der Waals surface area contributed by atoms with E-state index >= 15 is 0 Å². The summed E-state index contributed by atoms with van der Waals surface area (Å²) in [6.07, 6.45) is 5.48. The van der Waals surface area contributed by atoms with Crippen molar-refractivity contribution in [2.45, 2.75) is 12.5 Å². The Morgan fingerprint density at radius 2 is 2.07 bits per heavy atom. The third-order valence-electron chi connectivity index (χ3n) is 2.07. The van der Waals surface area contributed by atoms with Crippen LogP contribution in [0.2, 0.25) is 0 Å². The lowest BCUT2D eigenvalue weighted by Crippen LogP contribution is -2.09. The highest BCUT2D eigenvalue weighted by Crippen LogP contribution is 2.20. The van der Waals surface area contributed by atoms with Crippen LogP contribution in [0.5, 0.6) is 0 Å². The second kappa shape index (κ2) is 5.75. The normalized spacial score (nSPS) is 12.5. The highest BCUT2D eigenvalue weighted by Gasteiger charge is 2.19.